The van der Waals surface area contributed by atoms with E-state index in [0.717, 1.165) is 0 Å². The van der Waals surface area contributed by atoms with Crippen LogP contribution in [0.3, 0.4) is 0 Å². The molecule has 8 heteroatoms. The molecule has 0 spiro atoms. The molecule has 2 aromatic carbocycles. The van der Waals surface area contributed by atoms with Crippen LogP contribution in [0.1, 0.15) is 24.5 Å². The maximum Gasteiger partial charge on any atom is 0.343 e. The lowest BCUT2D eigenvalue weighted by Gasteiger charge is -2.31. The predicted octanol–water partition coefficient (Wildman–Crippen LogP) is 4.71. The highest BCUT2D eigenvalue weighted by Gasteiger charge is 2.41. The van der Waals surface area contributed by atoms with Gasteiger partial charge in [-0.1, -0.05) is 43.3 Å². The molecule has 1 atom stereocenters. The number of benzene rings is 2. The first kappa shape index (κ1) is 23.7. The Morgan fingerprint density at radius 3 is 1.92 bits per heavy atom. The van der Waals surface area contributed by atoms with Gasteiger partial charge in [-0.3, -0.25) is 0 Å². The second-order valence-corrected chi connectivity index (χ2v) is 8.33. The summed E-state index contributed by atoms with van der Waals surface area (Å²) in [6.07, 6.45) is -0.332. The van der Waals surface area contributed by atoms with Crippen LogP contribution >= 0.6 is 0 Å². The summed E-state index contributed by atoms with van der Waals surface area (Å²) < 4.78 is 10.9. The molecule has 0 aliphatic heterocycles. The summed E-state index contributed by atoms with van der Waals surface area (Å²) in [5.41, 5.74) is -3.00. The van der Waals surface area contributed by atoms with Gasteiger partial charge in [-0.25, -0.2) is 9.59 Å². The highest BCUT2D eigenvalue weighted by atomic mass is 16.4. The Bertz CT molecular complexity index is 1810. The van der Waals surface area contributed by atoms with Crippen LogP contribution in [0, 0.1) is 51.2 Å². The zero-order valence-corrected chi connectivity index (χ0v) is 19.0. The fourth-order valence-corrected chi connectivity index (χ4v) is 4.24. The zero-order valence-electron chi connectivity index (χ0n) is 19.0. The van der Waals surface area contributed by atoms with Gasteiger partial charge in [0, 0.05) is 21.8 Å². The Kier molecular flexibility index (Phi) is 6.21. The summed E-state index contributed by atoms with van der Waals surface area (Å²) >= 11 is 0. The van der Waals surface area contributed by atoms with Gasteiger partial charge in [0.25, 0.3) is 0 Å². The van der Waals surface area contributed by atoms with Crippen LogP contribution in [0.5, 0.6) is 0 Å². The molecular formula is C28H16N4O4. The molecule has 0 saturated heterocycles. The van der Waals surface area contributed by atoms with Gasteiger partial charge in [0.2, 0.25) is 0 Å². The molecule has 1 unspecified atom stereocenters. The van der Waals surface area contributed by atoms with E-state index in [2.05, 4.69) is 0 Å². The minimum Gasteiger partial charge on any atom is -0.423 e. The second kappa shape index (κ2) is 9.43. The van der Waals surface area contributed by atoms with E-state index in [9.17, 15) is 30.6 Å². The lowest BCUT2D eigenvalue weighted by molar-refractivity contribution is 0.401. The molecule has 2 heterocycles. The van der Waals surface area contributed by atoms with E-state index in [-0.39, 0.29) is 23.1 Å². The second-order valence-electron chi connectivity index (χ2n) is 8.33. The molecule has 0 bridgehead atoms. The van der Waals surface area contributed by atoms with E-state index >= 15 is 0 Å². The van der Waals surface area contributed by atoms with Crippen molar-refractivity contribution < 1.29 is 8.83 Å². The molecule has 172 valence electrons. The summed E-state index contributed by atoms with van der Waals surface area (Å²) in [5.74, 6) is -1.39. The van der Waals surface area contributed by atoms with Crippen LogP contribution < -0.4 is 11.3 Å². The number of allylic oxidation sites excluding steroid dienone is 2. The molecule has 0 amide bonds. The van der Waals surface area contributed by atoms with Crippen LogP contribution in [0.15, 0.2) is 84.7 Å². The van der Waals surface area contributed by atoms with Gasteiger partial charge in [0.1, 0.15) is 34.8 Å². The van der Waals surface area contributed by atoms with Crippen molar-refractivity contribution in [1.82, 2.24) is 0 Å². The standard InChI is InChI=1S/C28H16N4O4/c1-28(20(15-31)16-32,23-11-18-7-3-5-9-25(18)36-27(23)34)12-22(19(13-29)14-30)21-10-17-6-2-4-8-24(17)35-26(21)33/h2-11,20H,12H2,1H3. The van der Waals surface area contributed by atoms with Crippen molar-refractivity contribution in [2.24, 2.45) is 5.92 Å². The molecule has 0 radical (unpaired) electrons. The molecule has 8 nitrogen and oxygen atoms in total. The predicted molar refractivity (Wildman–Crippen MR) is 130 cm³/mol. The Labute approximate surface area is 204 Å². The van der Waals surface area contributed by atoms with Crippen LogP contribution in [-0.4, -0.2) is 0 Å². The lowest BCUT2D eigenvalue weighted by Crippen LogP contribution is -2.36. The summed E-state index contributed by atoms with van der Waals surface area (Å²) in [4.78, 5) is 26.0. The molecule has 0 aliphatic rings. The molecule has 0 N–H and O–H groups in total. The number of para-hydroxylation sites is 2. The van der Waals surface area contributed by atoms with Gasteiger partial charge in [0.05, 0.1) is 17.7 Å². The highest BCUT2D eigenvalue weighted by molar-refractivity contribution is 5.84. The summed E-state index contributed by atoms with van der Waals surface area (Å²) in [5, 5.41) is 40.2. The Morgan fingerprint density at radius 2 is 1.36 bits per heavy atom. The first-order valence-electron chi connectivity index (χ1n) is 10.8. The number of nitrogens with zero attached hydrogens (tertiary/aromatic N) is 4. The smallest absolute Gasteiger partial charge is 0.343 e. The van der Waals surface area contributed by atoms with E-state index in [1.807, 2.05) is 12.1 Å². The normalized spacial score (nSPS) is 12.2. The summed E-state index contributed by atoms with van der Waals surface area (Å²) in [7, 11) is 0. The number of fused-ring (bicyclic) bond motifs is 2. The molecular weight excluding hydrogens is 456 g/mol. The van der Waals surface area contributed by atoms with Crippen molar-refractivity contribution in [2.45, 2.75) is 18.8 Å². The number of rotatable bonds is 5. The maximum absolute atomic E-state index is 13.1. The van der Waals surface area contributed by atoms with Gasteiger partial charge >= 0.3 is 11.3 Å². The van der Waals surface area contributed by atoms with Gasteiger partial charge in [-0.05, 0) is 36.3 Å². The Balaban J connectivity index is 2.02. The Morgan fingerprint density at radius 1 is 0.833 bits per heavy atom. The molecule has 2 aromatic heterocycles. The molecule has 0 saturated carbocycles. The van der Waals surface area contributed by atoms with E-state index in [1.165, 1.54) is 19.1 Å². The van der Waals surface area contributed by atoms with Gasteiger partial charge in [-0.2, -0.15) is 21.0 Å². The quantitative estimate of drug-likeness (QED) is 0.298. The van der Waals surface area contributed by atoms with Crippen molar-refractivity contribution >= 4 is 27.5 Å². The highest BCUT2D eigenvalue weighted by Crippen LogP contribution is 2.41. The topological polar surface area (TPSA) is 156 Å². The average molecular weight is 472 g/mol. The van der Waals surface area contributed by atoms with Crippen molar-refractivity contribution in [3.8, 4) is 24.3 Å². The minimum absolute atomic E-state index is 0.00667. The fourth-order valence-electron chi connectivity index (χ4n) is 4.24. The van der Waals surface area contributed by atoms with Gasteiger partial charge in [-0.15, -0.1) is 0 Å². The van der Waals surface area contributed by atoms with Crippen LogP contribution in [0.25, 0.3) is 27.5 Å². The average Bonchev–Trinajstić information content (AvgIpc) is 2.88. The third-order valence-electron chi connectivity index (χ3n) is 6.19. The van der Waals surface area contributed by atoms with E-state index in [1.54, 1.807) is 60.7 Å². The zero-order chi connectivity index (χ0) is 25.9. The minimum atomic E-state index is -1.56. The van der Waals surface area contributed by atoms with Gasteiger partial charge < -0.3 is 8.83 Å². The van der Waals surface area contributed by atoms with E-state index in [4.69, 9.17) is 8.83 Å². The van der Waals surface area contributed by atoms with Crippen molar-refractivity contribution in [3.05, 3.63) is 98.2 Å². The Hall–Kier alpha value is -5.44. The number of hydrogen-bond donors (Lipinski definition) is 0. The first-order valence-corrected chi connectivity index (χ1v) is 10.8. The fraction of sp³-hybridized carbons (Fsp3) is 0.143. The number of nitriles is 4. The maximum atomic E-state index is 13.1. The van der Waals surface area contributed by atoms with Crippen LogP contribution in [0.2, 0.25) is 0 Å². The van der Waals surface area contributed by atoms with E-state index in [0.29, 0.717) is 21.9 Å². The SMILES string of the molecule is CC(CC(=C(C#N)C#N)c1cc2ccccc2oc1=O)(c1cc2ccccc2oc1=O)C(C#N)C#N. The van der Waals surface area contributed by atoms with Crippen LogP contribution in [0.4, 0.5) is 0 Å². The first-order chi connectivity index (χ1) is 17.4. The lowest BCUT2D eigenvalue weighted by atomic mass is 9.68. The van der Waals surface area contributed by atoms with Gasteiger partial charge in [0.15, 0.2) is 0 Å². The molecule has 36 heavy (non-hydrogen) atoms. The van der Waals surface area contributed by atoms with Crippen LogP contribution in [-0.2, 0) is 5.41 Å². The number of hydrogen-bond acceptors (Lipinski definition) is 8. The molecule has 0 aliphatic carbocycles. The molecule has 4 rings (SSSR count). The largest absolute Gasteiger partial charge is 0.423 e. The molecule has 4 aromatic rings. The summed E-state index contributed by atoms with van der Waals surface area (Å²) in [6.45, 7) is 1.50. The van der Waals surface area contributed by atoms with Crippen molar-refractivity contribution in [1.29, 1.82) is 21.0 Å². The monoisotopic (exact) mass is 472 g/mol. The third-order valence-corrected chi connectivity index (χ3v) is 6.19. The van der Waals surface area contributed by atoms with E-state index < -0.39 is 28.2 Å². The van der Waals surface area contributed by atoms with Crippen molar-refractivity contribution in [3.63, 3.8) is 0 Å². The summed E-state index contributed by atoms with van der Waals surface area (Å²) in [6, 6.07) is 23.9. The molecule has 0 fully saturated rings. The van der Waals surface area contributed by atoms with Crippen molar-refractivity contribution in [2.75, 3.05) is 0 Å². The third kappa shape index (κ3) is 4.01.